The lowest BCUT2D eigenvalue weighted by Crippen LogP contribution is -2.30. The second-order valence-corrected chi connectivity index (χ2v) is 5.86. The molecule has 18 heavy (non-hydrogen) atoms. The maximum Gasteiger partial charge on any atom is 0.255 e. The van der Waals surface area contributed by atoms with Crippen LogP contribution in [0, 0.1) is 5.82 Å². The van der Waals surface area contributed by atoms with Crippen molar-refractivity contribution in [3.63, 3.8) is 0 Å². The Morgan fingerprint density at radius 3 is 2.56 bits per heavy atom. The molecule has 1 aromatic rings. The van der Waals surface area contributed by atoms with Crippen LogP contribution in [-0.2, 0) is 10.0 Å². The molecule has 0 aromatic heterocycles. The quantitative estimate of drug-likeness (QED) is 0.879. The van der Waals surface area contributed by atoms with E-state index in [1.807, 2.05) is 0 Å². The lowest BCUT2D eigenvalue weighted by molar-refractivity contribution is 0.0780. The number of nitrogens with zero attached hydrogens (tertiary/aromatic N) is 1. The van der Waals surface area contributed by atoms with E-state index in [1.54, 1.807) is 7.05 Å². The summed E-state index contributed by atoms with van der Waals surface area (Å²) in [5.74, 6) is -1.20. The molecule has 2 N–H and O–H groups in total. The Morgan fingerprint density at radius 2 is 2.06 bits per heavy atom. The standard InChI is InChI=1S/C11H13FN2O3S/c1-14(8-3-4-8)11(15)9-6-7(12)2-5-10(9)18(13,16)17/h2,5-6,8H,3-4H2,1H3,(H2,13,16,17). The number of halogens is 1. The van der Waals surface area contributed by atoms with Crippen LogP contribution in [0.3, 0.4) is 0 Å². The van der Waals surface area contributed by atoms with Crippen molar-refractivity contribution in [1.82, 2.24) is 4.90 Å². The fraction of sp³-hybridized carbons (Fsp3) is 0.364. The molecule has 0 unspecified atom stereocenters. The molecule has 5 nitrogen and oxygen atoms in total. The van der Waals surface area contributed by atoms with Crippen LogP contribution in [-0.4, -0.2) is 32.3 Å². The van der Waals surface area contributed by atoms with Gasteiger partial charge in [0.05, 0.1) is 10.5 Å². The molecule has 1 aromatic carbocycles. The predicted molar refractivity (Wildman–Crippen MR) is 62.9 cm³/mol. The zero-order valence-electron chi connectivity index (χ0n) is 9.76. The predicted octanol–water partition coefficient (Wildman–Crippen LogP) is 0.707. The van der Waals surface area contributed by atoms with Crippen molar-refractivity contribution in [2.75, 3.05) is 7.05 Å². The van der Waals surface area contributed by atoms with Gasteiger partial charge < -0.3 is 4.90 Å². The minimum absolute atomic E-state index is 0.106. The first kappa shape index (κ1) is 13.0. The number of amides is 1. The first-order valence-corrected chi connectivity index (χ1v) is 6.95. The van der Waals surface area contributed by atoms with Crippen LogP contribution < -0.4 is 5.14 Å². The van der Waals surface area contributed by atoms with Gasteiger partial charge >= 0.3 is 0 Å². The zero-order chi connectivity index (χ0) is 13.5. The van der Waals surface area contributed by atoms with Gasteiger partial charge in [-0.25, -0.2) is 17.9 Å². The molecule has 2 rings (SSSR count). The van der Waals surface area contributed by atoms with Crippen LogP contribution in [0.1, 0.15) is 23.2 Å². The summed E-state index contributed by atoms with van der Waals surface area (Å²) in [6.07, 6.45) is 1.75. The third-order valence-corrected chi connectivity index (χ3v) is 3.86. The van der Waals surface area contributed by atoms with Crippen molar-refractivity contribution in [2.24, 2.45) is 5.14 Å². The second-order valence-electron chi connectivity index (χ2n) is 4.33. The van der Waals surface area contributed by atoms with Crippen molar-refractivity contribution < 1.29 is 17.6 Å². The Labute approximate surface area is 104 Å². The summed E-state index contributed by atoms with van der Waals surface area (Å²) in [4.78, 5) is 13.2. The molecular weight excluding hydrogens is 259 g/mol. The van der Waals surface area contributed by atoms with Gasteiger partial charge in [-0.2, -0.15) is 0 Å². The molecule has 1 fully saturated rings. The number of carbonyl (C=O) groups excluding carboxylic acids is 1. The van der Waals surface area contributed by atoms with Gasteiger partial charge in [0.15, 0.2) is 0 Å². The van der Waals surface area contributed by atoms with Crippen molar-refractivity contribution in [3.05, 3.63) is 29.6 Å². The summed E-state index contributed by atoms with van der Waals surface area (Å²) in [5, 5.41) is 5.02. The van der Waals surface area contributed by atoms with Gasteiger partial charge in [0.2, 0.25) is 10.0 Å². The third-order valence-electron chi connectivity index (χ3n) is 2.89. The van der Waals surface area contributed by atoms with Gasteiger partial charge in [0.1, 0.15) is 5.82 Å². The van der Waals surface area contributed by atoms with Crippen LogP contribution in [0.2, 0.25) is 0 Å². The Bertz CT molecular complexity index is 596. The van der Waals surface area contributed by atoms with Crippen LogP contribution in [0.4, 0.5) is 4.39 Å². The molecule has 0 spiro atoms. The summed E-state index contributed by atoms with van der Waals surface area (Å²) in [6.45, 7) is 0. The number of rotatable bonds is 3. The van der Waals surface area contributed by atoms with Crippen molar-refractivity contribution in [2.45, 2.75) is 23.8 Å². The highest BCUT2D eigenvalue weighted by molar-refractivity contribution is 7.89. The van der Waals surface area contributed by atoms with E-state index in [-0.39, 0.29) is 16.5 Å². The zero-order valence-corrected chi connectivity index (χ0v) is 10.6. The molecule has 98 valence electrons. The lowest BCUT2D eigenvalue weighted by Gasteiger charge is -2.17. The maximum atomic E-state index is 13.2. The average Bonchev–Trinajstić information content (AvgIpc) is 3.09. The van der Waals surface area contributed by atoms with Crippen LogP contribution in [0.15, 0.2) is 23.1 Å². The molecule has 0 aliphatic heterocycles. The summed E-state index contributed by atoms with van der Waals surface area (Å²) in [6, 6.07) is 2.99. The molecule has 0 saturated heterocycles. The first-order chi connectivity index (χ1) is 8.30. The Balaban J connectivity index is 2.48. The molecule has 0 radical (unpaired) electrons. The first-order valence-electron chi connectivity index (χ1n) is 5.40. The van der Waals surface area contributed by atoms with Gasteiger partial charge in [0.25, 0.3) is 5.91 Å². The van der Waals surface area contributed by atoms with E-state index >= 15 is 0 Å². The largest absolute Gasteiger partial charge is 0.339 e. The highest BCUT2D eigenvalue weighted by atomic mass is 32.2. The Kier molecular flexibility index (Phi) is 3.12. The molecule has 1 aliphatic carbocycles. The SMILES string of the molecule is CN(C(=O)c1cc(F)ccc1S(N)(=O)=O)C1CC1. The molecular formula is C11H13FN2O3S. The smallest absolute Gasteiger partial charge is 0.255 e. The highest BCUT2D eigenvalue weighted by Gasteiger charge is 2.32. The van der Waals surface area contributed by atoms with Crippen LogP contribution >= 0.6 is 0 Å². The van der Waals surface area contributed by atoms with Gasteiger partial charge in [-0.1, -0.05) is 0 Å². The van der Waals surface area contributed by atoms with Gasteiger partial charge in [0, 0.05) is 13.1 Å². The van der Waals surface area contributed by atoms with Crippen LogP contribution in [0.25, 0.3) is 0 Å². The van der Waals surface area contributed by atoms with E-state index < -0.39 is 21.7 Å². The molecule has 1 aliphatic rings. The molecule has 1 saturated carbocycles. The molecule has 7 heteroatoms. The Hall–Kier alpha value is -1.47. The van der Waals surface area contributed by atoms with E-state index in [2.05, 4.69) is 0 Å². The normalized spacial score (nSPS) is 15.5. The average molecular weight is 272 g/mol. The topological polar surface area (TPSA) is 80.5 Å². The molecule has 1 amide bonds. The van der Waals surface area contributed by atoms with E-state index in [1.165, 1.54) is 4.90 Å². The number of hydrogen-bond acceptors (Lipinski definition) is 3. The summed E-state index contributed by atoms with van der Waals surface area (Å²) in [5.41, 5.74) is -0.216. The second kappa shape index (κ2) is 4.33. The molecule has 0 heterocycles. The Morgan fingerprint density at radius 1 is 1.44 bits per heavy atom. The van der Waals surface area contributed by atoms with E-state index in [0.29, 0.717) is 0 Å². The van der Waals surface area contributed by atoms with Crippen molar-refractivity contribution in [3.8, 4) is 0 Å². The lowest BCUT2D eigenvalue weighted by atomic mass is 10.2. The minimum atomic E-state index is -4.05. The van der Waals surface area contributed by atoms with Crippen molar-refractivity contribution >= 4 is 15.9 Å². The molecule has 0 atom stereocenters. The summed E-state index contributed by atoms with van der Waals surface area (Å²) in [7, 11) is -2.48. The number of carbonyl (C=O) groups is 1. The number of hydrogen-bond donors (Lipinski definition) is 1. The van der Waals surface area contributed by atoms with E-state index in [4.69, 9.17) is 5.14 Å². The molecule has 0 bridgehead atoms. The number of nitrogens with two attached hydrogens (primary N) is 1. The van der Waals surface area contributed by atoms with Crippen molar-refractivity contribution in [1.29, 1.82) is 0 Å². The highest BCUT2D eigenvalue weighted by Crippen LogP contribution is 2.28. The van der Waals surface area contributed by atoms with Gasteiger partial charge in [-0.05, 0) is 31.0 Å². The maximum absolute atomic E-state index is 13.2. The van der Waals surface area contributed by atoms with Gasteiger partial charge in [-0.3, -0.25) is 4.79 Å². The van der Waals surface area contributed by atoms with E-state index in [9.17, 15) is 17.6 Å². The van der Waals surface area contributed by atoms with Crippen LogP contribution in [0.5, 0.6) is 0 Å². The summed E-state index contributed by atoms with van der Waals surface area (Å²) >= 11 is 0. The fourth-order valence-electron chi connectivity index (χ4n) is 1.74. The fourth-order valence-corrected chi connectivity index (χ4v) is 2.45. The third kappa shape index (κ3) is 2.51. The minimum Gasteiger partial charge on any atom is -0.339 e. The van der Waals surface area contributed by atoms with Gasteiger partial charge in [-0.15, -0.1) is 0 Å². The van der Waals surface area contributed by atoms with E-state index in [0.717, 1.165) is 31.0 Å². The number of primary sulfonamides is 1. The monoisotopic (exact) mass is 272 g/mol. The number of sulfonamides is 1. The number of benzene rings is 1. The summed E-state index contributed by atoms with van der Waals surface area (Å²) < 4.78 is 35.9.